The molecular weight excluding hydrogens is 320 g/mol. The minimum Gasteiger partial charge on any atom is -0.338 e. The Bertz CT molecular complexity index is 710. The summed E-state index contributed by atoms with van der Waals surface area (Å²) in [4.78, 5) is 27.6. The highest BCUT2D eigenvalue weighted by Gasteiger charge is 2.27. The van der Waals surface area contributed by atoms with Crippen LogP contribution in [0.2, 0.25) is 0 Å². The van der Waals surface area contributed by atoms with E-state index in [1.54, 1.807) is 22.3 Å². The van der Waals surface area contributed by atoms with Crippen molar-refractivity contribution in [3.63, 3.8) is 0 Å². The van der Waals surface area contributed by atoms with Crippen LogP contribution < -0.4 is 5.32 Å². The second-order valence-electron chi connectivity index (χ2n) is 5.83. The number of carbonyl (C=O) groups excluding carboxylic acids is 2. The molecule has 0 saturated carbocycles. The Morgan fingerprint density at radius 1 is 1.17 bits per heavy atom. The Labute approximate surface area is 145 Å². The van der Waals surface area contributed by atoms with Gasteiger partial charge >= 0.3 is 0 Å². The Morgan fingerprint density at radius 3 is 2.75 bits per heavy atom. The molecule has 2 amide bonds. The largest absolute Gasteiger partial charge is 0.338 e. The van der Waals surface area contributed by atoms with Gasteiger partial charge in [-0.2, -0.15) is 0 Å². The van der Waals surface area contributed by atoms with E-state index in [-0.39, 0.29) is 17.7 Å². The van der Waals surface area contributed by atoms with Gasteiger partial charge in [-0.05, 0) is 42.5 Å². The summed E-state index contributed by atoms with van der Waals surface area (Å²) in [5.41, 5.74) is 0.795. The lowest BCUT2D eigenvalue weighted by Crippen LogP contribution is -2.43. The van der Waals surface area contributed by atoms with Gasteiger partial charge in [-0.15, -0.1) is 11.3 Å². The van der Waals surface area contributed by atoms with Crippen LogP contribution in [0.1, 0.15) is 17.7 Å². The van der Waals surface area contributed by atoms with E-state index in [1.807, 2.05) is 53.9 Å². The molecule has 0 aliphatic carbocycles. The van der Waals surface area contributed by atoms with Crippen LogP contribution in [0.25, 0.3) is 6.08 Å². The monoisotopic (exact) mass is 340 g/mol. The zero-order valence-corrected chi connectivity index (χ0v) is 14.2. The molecule has 1 N–H and O–H groups in total. The molecule has 0 spiro atoms. The fraction of sp³-hybridized carbons (Fsp3) is 0.263. The number of thiophene rings is 1. The quantitative estimate of drug-likeness (QED) is 0.864. The summed E-state index contributed by atoms with van der Waals surface area (Å²) in [7, 11) is 0. The van der Waals surface area contributed by atoms with Crippen LogP contribution in [0.4, 0.5) is 5.69 Å². The number of carbonyl (C=O) groups is 2. The number of piperidine rings is 1. The van der Waals surface area contributed by atoms with Crippen molar-refractivity contribution in [1.29, 1.82) is 0 Å². The fourth-order valence-electron chi connectivity index (χ4n) is 2.80. The molecule has 3 rings (SSSR count). The van der Waals surface area contributed by atoms with Crippen molar-refractivity contribution in [2.75, 3.05) is 18.4 Å². The van der Waals surface area contributed by atoms with E-state index < -0.39 is 0 Å². The standard InChI is InChI=1S/C19H20N2O2S/c22-18(11-10-17-9-5-13-24-17)21-12-4-6-15(14-21)19(23)20-16-7-2-1-3-8-16/h1-3,5,7-11,13,15H,4,6,12,14H2,(H,20,23)/b11-10+. The maximum absolute atomic E-state index is 12.4. The zero-order valence-electron chi connectivity index (χ0n) is 13.4. The molecule has 1 atom stereocenters. The van der Waals surface area contributed by atoms with Crippen molar-refractivity contribution in [1.82, 2.24) is 4.90 Å². The van der Waals surface area contributed by atoms with Gasteiger partial charge in [0.05, 0.1) is 5.92 Å². The molecule has 1 aliphatic heterocycles. The number of likely N-dealkylation sites (tertiary alicyclic amines) is 1. The topological polar surface area (TPSA) is 49.4 Å². The van der Waals surface area contributed by atoms with E-state index in [1.165, 1.54) is 0 Å². The van der Waals surface area contributed by atoms with E-state index in [9.17, 15) is 9.59 Å². The molecule has 1 aliphatic rings. The Hall–Kier alpha value is -2.40. The molecule has 5 heteroatoms. The van der Waals surface area contributed by atoms with E-state index in [0.717, 1.165) is 23.4 Å². The molecule has 1 aromatic heterocycles. The van der Waals surface area contributed by atoms with E-state index in [2.05, 4.69) is 5.32 Å². The van der Waals surface area contributed by atoms with Gasteiger partial charge in [-0.3, -0.25) is 9.59 Å². The van der Waals surface area contributed by atoms with Gasteiger partial charge in [0.25, 0.3) is 0 Å². The summed E-state index contributed by atoms with van der Waals surface area (Å²) in [6.45, 7) is 1.19. The van der Waals surface area contributed by atoms with Crippen molar-refractivity contribution in [2.45, 2.75) is 12.8 Å². The number of nitrogens with zero attached hydrogens (tertiary/aromatic N) is 1. The Kier molecular flexibility index (Phi) is 5.43. The van der Waals surface area contributed by atoms with Crippen molar-refractivity contribution < 1.29 is 9.59 Å². The van der Waals surface area contributed by atoms with Gasteiger partial charge < -0.3 is 10.2 Å². The van der Waals surface area contributed by atoms with Crippen LogP contribution in [0.5, 0.6) is 0 Å². The normalized spacial score (nSPS) is 17.8. The van der Waals surface area contributed by atoms with Crippen molar-refractivity contribution in [3.8, 4) is 0 Å². The number of amides is 2. The fourth-order valence-corrected chi connectivity index (χ4v) is 3.42. The first-order chi connectivity index (χ1) is 11.7. The van der Waals surface area contributed by atoms with Crippen LogP contribution in [0.3, 0.4) is 0 Å². The van der Waals surface area contributed by atoms with E-state index in [0.29, 0.717) is 13.1 Å². The van der Waals surface area contributed by atoms with Gasteiger partial charge in [0.2, 0.25) is 11.8 Å². The van der Waals surface area contributed by atoms with Gasteiger partial charge in [0.15, 0.2) is 0 Å². The van der Waals surface area contributed by atoms with Crippen LogP contribution in [-0.4, -0.2) is 29.8 Å². The highest BCUT2D eigenvalue weighted by atomic mass is 32.1. The lowest BCUT2D eigenvalue weighted by Gasteiger charge is -2.31. The number of benzene rings is 1. The molecule has 24 heavy (non-hydrogen) atoms. The summed E-state index contributed by atoms with van der Waals surface area (Å²) in [6.07, 6.45) is 5.10. The third-order valence-corrected chi connectivity index (χ3v) is 4.92. The van der Waals surface area contributed by atoms with Gasteiger partial charge in [-0.1, -0.05) is 24.3 Å². The van der Waals surface area contributed by atoms with Crippen LogP contribution >= 0.6 is 11.3 Å². The molecular formula is C19H20N2O2S. The first kappa shape index (κ1) is 16.5. The van der Waals surface area contributed by atoms with E-state index >= 15 is 0 Å². The molecule has 1 aromatic carbocycles. The number of para-hydroxylation sites is 1. The van der Waals surface area contributed by atoms with E-state index in [4.69, 9.17) is 0 Å². The molecule has 1 saturated heterocycles. The predicted molar refractivity (Wildman–Crippen MR) is 97.7 cm³/mol. The number of hydrogen-bond acceptors (Lipinski definition) is 3. The van der Waals surface area contributed by atoms with Gasteiger partial charge in [-0.25, -0.2) is 0 Å². The first-order valence-corrected chi connectivity index (χ1v) is 8.97. The number of hydrogen-bond donors (Lipinski definition) is 1. The van der Waals surface area contributed by atoms with Gasteiger partial charge in [0, 0.05) is 29.7 Å². The summed E-state index contributed by atoms with van der Waals surface area (Å²) in [5.74, 6) is -0.195. The maximum atomic E-state index is 12.4. The summed E-state index contributed by atoms with van der Waals surface area (Å²) in [6, 6.07) is 13.4. The first-order valence-electron chi connectivity index (χ1n) is 8.09. The summed E-state index contributed by atoms with van der Waals surface area (Å²) >= 11 is 1.60. The second kappa shape index (κ2) is 7.93. The van der Waals surface area contributed by atoms with Crippen molar-refractivity contribution in [3.05, 3.63) is 58.8 Å². The lowest BCUT2D eigenvalue weighted by molar-refractivity contribution is -0.130. The molecule has 4 nitrogen and oxygen atoms in total. The summed E-state index contributed by atoms with van der Waals surface area (Å²) in [5, 5.41) is 4.91. The summed E-state index contributed by atoms with van der Waals surface area (Å²) < 4.78 is 0. The molecule has 0 bridgehead atoms. The average Bonchev–Trinajstić information content (AvgIpc) is 3.14. The minimum absolute atomic E-state index is 0.0130. The molecule has 2 aromatic rings. The molecule has 2 heterocycles. The predicted octanol–water partition coefficient (Wildman–Crippen LogP) is 3.64. The number of rotatable bonds is 4. The molecule has 1 fully saturated rings. The number of nitrogens with one attached hydrogen (secondary N) is 1. The third kappa shape index (κ3) is 4.32. The third-order valence-electron chi connectivity index (χ3n) is 4.08. The smallest absolute Gasteiger partial charge is 0.246 e. The zero-order chi connectivity index (χ0) is 16.8. The van der Waals surface area contributed by atoms with Crippen LogP contribution in [0.15, 0.2) is 53.9 Å². The minimum atomic E-state index is -0.155. The Balaban J connectivity index is 1.57. The molecule has 124 valence electrons. The average molecular weight is 340 g/mol. The van der Waals surface area contributed by atoms with Gasteiger partial charge in [0.1, 0.15) is 0 Å². The van der Waals surface area contributed by atoms with Crippen molar-refractivity contribution in [2.24, 2.45) is 5.92 Å². The Morgan fingerprint density at radius 2 is 2.00 bits per heavy atom. The number of anilines is 1. The van der Waals surface area contributed by atoms with Crippen molar-refractivity contribution >= 4 is 34.9 Å². The highest BCUT2D eigenvalue weighted by molar-refractivity contribution is 7.10. The van der Waals surface area contributed by atoms with Crippen LogP contribution in [0, 0.1) is 5.92 Å². The molecule has 1 unspecified atom stereocenters. The van der Waals surface area contributed by atoms with Crippen LogP contribution in [-0.2, 0) is 9.59 Å². The highest BCUT2D eigenvalue weighted by Crippen LogP contribution is 2.19. The second-order valence-corrected chi connectivity index (χ2v) is 6.81. The lowest BCUT2D eigenvalue weighted by atomic mass is 9.97. The molecule has 0 radical (unpaired) electrons. The SMILES string of the molecule is O=C(Nc1ccccc1)C1CCCN(C(=O)/C=C/c2cccs2)C1. The maximum Gasteiger partial charge on any atom is 0.246 e.